The van der Waals surface area contributed by atoms with Crippen LogP contribution in [-0.2, 0) is 0 Å². The van der Waals surface area contributed by atoms with Gasteiger partial charge in [-0.05, 0) is 54.8 Å². The first-order valence-electron chi connectivity index (χ1n) is 7.93. The zero-order valence-electron chi connectivity index (χ0n) is 13.0. The Balaban J connectivity index is 1.60. The lowest BCUT2D eigenvalue weighted by Crippen LogP contribution is -2.19. The van der Waals surface area contributed by atoms with E-state index in [-0.39, 0.29) is 6.10 Å². The van der Waals surface area contributed by atoms with Gasteiger partial charge in [0.2, 0.25) is 0 Å². The third-order valence-electron chi connectivity index (χ3n) is 4.04. The summed E-state index contributed by atoms with van der Waals surface area (Å²) in [5, 5.41) is 9.17. The molecule has 6 heteroatoms. The highest BCUT2D eigenvalue weighted by molar-refractivity contribution is 6.29. The number of nitrogens with zero attached hydrogens (tertiary/aromatic N) is 2. The molecule has 1 aromatic carbocycles. The number of rotatable bonds is 4. The minimum absolute atomic E-state index is 0.252. The number of nitrogens with one attached hydrogen (secondary N) is 2. The second-order valence-electron chi connectivity index (χ2n) is 5.77. The normalized spacial score (nSPS) is 17.1. The number of hydrogen-bond donors (Lipinski definition) is 2. The van der Waals surface area contributed by atoms with Crippen molar-refractivity contribution in [2.24, 2.45) is 0 Å². The zero-order valence-corrected chi connectivity index (χ0v) is 13.8. The van der Waals surface area contributed by atoms with Crippen LogP contribution in [-0.4, -0.2) is 29.2 Å². The summed E-state index contributed by atoms with van der Waals surface area (Å²) >= 11 is 5.82. The van der Waals surface area contributed by atoms with Gasteiger partial charge in [-0.15, -0.1) is 0 Å². The first-order chi connectivity index (χ1) is 11.8. The van der Waals surface area contributed by atoms with E-state index in [4.69, 9.17) is 16.3 Å². The smallest absolute Gasteiger partial charge is 0.138 e. The highest BCUT2D eigenvalue weighted by Gasteiger charge is 2.16. The average molecular weight is 341 g/mol. The van der Waals surface area contributed by atoms with Crippen molar-refractivity contribution in [2.45, 2.75) is 12.5 Å². The lowest BCUT2D eigenvalue weighted by atomic mass is 10.1. The molecule has 0 radical (unpaired) electrons. The molecule has 0 aliphatic carbocycles. The Kier molecular flexibility index (Phi) is 4.19. The van der Waals surface area contributed by atoms with Crippen LogP contribution in [0.1, 0.15) is 6.42 Å². The molecule has 1 aliphatic rings. The Hall–Kier alpha value is -2.37. The van der Waals surface area contributed by atoms with Gasteiger partial charge < -0.3 is 15.4 Å². The number of benzene rings is 1. The number of ether oxygens (including phenoxy) is 1. The molecule has 0 spiro atoms. The van der Waals surface area contributed by atoms with Gasteiger partial charge in [-0.25, -0.2) is 9.97 Å². The van der Waals surface area contributed by atoms with Gasteiger partial charge in [0.1, 0.15) is 22.8 Å². The molecule has 2 N–H and O–H groups in total. The lowest BCUT2D eigenvalue weighted by Gasteiger charge is -2.14. The molecule has 5 nitrogen and oxygen atoms in total. The van der Waals surface area contributed by atoms with Crippen LogP contribution in [0, 0.1) is 0 Å². The third kappa shape index (κ3) is 3.27. The van der Waals surface area contributed by atoms with E-state index in [0.717, 1.165) is 47.5 Å². The molecule has 0 unspecified atom stereocenters. The molecule has 0 amide bonds. The maximum absolute atomic E-state index is 6.03. The summed E-state index contributed by atoms with van der Waals surface area (Å²) in [6.07, 6.45) is 4.77. The number of fused-ring (bicyclic) bond motifs is 1. The molecule has 0 bridgehead atoms. The van der Waals surface area contributed by atoms with Crippen molar-refractivity contribution >= 4 is 33.9 Å². The summed E-state index contributed by atoms with van der Waals surface area (Å²) in [6, 6.07) is 11.7. The molecule has 1 atom stereocenters. The summed E-state index contributed by atoms with van der Waals surface area (Å²) < 4.78 is 6.03. The summed E-state index contributed by atoms with van der Waals surface area (Å²) in [4.78, 5) is 8.51. The molecule has 122 valence electrons. The molecule has 4 rings (SSSR count). The monoisotopic (exact) mass is 340 g/mol. The summed E-state index contributed by atoms with van der Waals surface area (Å²) in [5.41, 5.74) is 0.844. The molecule has 3 heterocycles. The molecule has 1 saturated heterocycles. The van der Waals surface area contributed by atoms with E-state index in [9.17, 15) is 0 Å². The molecule has 0 saturated carbocycles. The van der Waals surface area contributed by atoms with Crippen LogP contribution < -0.4 is 15.4 Å². The number of anilines is 2. The SMILES string of the molecule is Clc1ccc(Nc2nccc3cc(O[C@H]4CCNC4)ccc23)cn1. The molecular weight excluding hydrogens is 324 g/mol. The first kappa shape index (κ1) is 15.2. The van der Waals surface area contributed by atoms with Crippen molar-refractivity contribution in [3.8, 4) is 5.75 Å². The van der Waals surface area contributed by atoms with Crippen molar-refractivity contribution in [3.63, 3.8) is 0 Å². The minimum Gasteiger partial charge on any atom is -0.489 e. The first-order valence-corrected chi connectivity index (χ1v) is 8.30. The Labute approximate surface area is 145 Å². The third-order valence-corrected chi connectivity index (χ3v) is 4.27. The topological polar surface area (TPSA) is 59.1 Å². The fourth-order valence-electron chi connectivity index (χ4n) is 2.84. The van der Waals surface area contributed by atoms with Crippen LogP contribution in [0.15, 0.2) is 48.8 Å². The highest BCUT2D eigenvalue weighted by Crippen LogP contribution is 2.28. The standard InChI is InChI=1S/C18H17ClN4O/c19-17-4-1-13(10-22-17)23-18-16-3-2-14(9-12(16)5-8-21-18)24-15-6-7-20-11-15/h1-5,8-10,15,20H,6-7,11H2,(H,21,23)/t15-/m0/s1. The quantitative estimate of drug-likeness (QED) is 0.708. The fraction of sp³-hybridized carbons (Fsp3) is 0.222. The molecule has 1 aliphatic heterocycles. The van der Waals surface area contributed by atoms with Gasteiger partial charge in [0.25, 0.3) is 0 Å². The van der Waals surface area contributed by atoms with Crippen LogP contribution in [0.4, 0.5) is 11.5 Å². The van der Waals surface area contributed by atoms with E-state index in [1.165, 1.54) is 0 Å². The van der Waals surface area contributed by atoms with Crippen molar-refractivity contribution in [2.75, 3.05) is 18.4 Å². The van der Waals surface area contributed by atoms with Gasteiger partial charge in [-0.1, -0.05) is 11.6 Å². The fourth-order valence-corrected chi connectivity index (χ4v) is 2.95. The van der Waals surface area contributed by atoms with E-state index in [1.54, 1.807) is 18.5 Å². The predicted octanol–water partition coefficient (Wildman–Crippen LogP) is 3.77. The van der Waals surface area contributed by atoms with E-state index in [0.29, 0.717) is 5.15 Å². The zero-order chi connectivity index (χ0) is 16.4. The van der Waals surface area contributed by atoms with E-state index < -0.39 is 0 Å². The number of aromatic nitrogens is 2. The summed E-state index contributed by atoms with van der Waals surface area (Å²) in [7, 11) is 0. The van der Waals surface area contributed by atoms with Gasteiger partial charge >= 0.3 is 0 Å². The van der Waals surface area contributed by atoms with E-state index in [1.807, 2.05) is 24.3 Å². The minimum atomic E-state index is 0.252. The van der Waals surface area contributed by atoms with Gasteiger partial charge in [0.05, 0.1) is 11.9 Å². The van der Waals surface area contributed by atoms with Crippen LogP contribution in [0.2, 0.25) is 5.15 Å². The van der Waals surface area contributed by atoms with Gasteiger partial charge in [0.15, 0.2) is 0 Å². The Bertz CT molecular complexity index is 847. The van der Waals surface area contributed by atoms with Crippen LogP contribution >= 0.6 is 11.6 Å². The molecule has 24 heavy (non-hydrogen) atoms. The van der Waals surface area contributed by atoms with Gasteiger partial charge in [0, 0.05) is 18.1 Å². The van der Waals surface area contributed by atoms with Crippen molar-refractivity contribution < 1.29 is 4.74 Å². The average Bonchev–Trinajstić information content (AvgIpc) is 3.10. The maximum atomic E-state index is 6.03. The summed E-state index contributed by atoms with van der Waals surface area (Å²) in [6.45, 7) is 1.93. The highest BCUT2D eigenvalue weighted by atomic mass is 35.5. The molecular formula is C18H17ClN4O. The van der Waals surface area contributed by atoms with Crippen molar-refractivity contribution in [1.82, 2.24) is 15.3 Å². The number of hydrogen-bond acceptors (Lipinski definition) is 5. The Morgan fingerprint density at radius 2 is 2.12 bits per heavy atom. The lowest BCUT2D eigenvalue weighted by molar-refractivity contribution is 0.223. The van der Waals surface area contributed by atoms with Crippen LogP contribution in [0.3, 0.4) is 0 Å². The second kappa shape index (κ2) is 6.63. The number of pyridine rings is 2. The predicted molar refractivity (Wildman–Crippen MR) is 96.2 cm³/mol. The summed E-state index contributed by atoms with van der Waals surface area (Å²) in [5.74, 6) is 1.67. The van der Waals surface area contributed by atoms with Crippen LogP contribution in [0.25, 0.3) is 10.8 Å². The maximum Gasteiger partial charge on any atom is 0.138 e. The largest absolute Gasteiger partial charge is 0.489 e. The molecule has 2 aromatic heterocycles. The Morgan fingerprint density at radius 1 is 1.17 bits per heavy atom. The molecule has 1 fully saturated rings. The Morgan fingerprint density at radius 3 is 2.92 bits per heavy atom. The molecule has 3 aromatic rings. The van der Waals surface area contributed by atoms with Gasteiger partial charge in [-0.2, -0.15) is 0 Å². The number of halogens is 1. The van der Waals surface area contributed by atoms with E-state index in [2.05, 4.69) is 26.7 Å². The van der Waals surface area contributed by atoms with Gasteiger partial charge in [-0.3, -0.25) is 0 Å². The van der Waals surface area contributed by atoms with Crippen molar-refractivity contribution in [3.05, 3.63) is 53.9 Å². The van der Waals surface area contributed by atoms with Crippen LogP contribution in [0.5, 0.6) is 5.75 Å². The van der Waals surface area contributed by atoms with E-state index >= 15 is 0 Å². The van der Waals surface area contributed by atoms with Crippen molar-refractivity contribution in [1.29, 1.82) is 0 Å². The second-order valence-corrected chi connectivity index (χ2v) is 6.16.